The van der Waals surface area contributed by atoms with Crippen LogP contribution in [0.25, 0.3) is 0 Å². The van der Waals surface area contributed by atoms with Gasteiger partial charge in [-0.25, -0.2) is 9.97 Å². The maximum Gasteiger partial charge on any atom is 0.138 e. The molecule has 0 aliphatic heterocycles. The van der Waals surface area contributed by atoms with Gasteiger partial charge in [-0.05, 0) is 19.1 Å². The third kappa shape index (κ3) is 3.73. The number of furan rings is 1. The molecule has 0 amide bonds. The van der Waals surface area contributed by atoms with Crippen LogP contribution >= 0.6 is 0 Å². The molecule has 0 bridgehead atoms. The predicted octanol–water partition coefficient (Wildman–Crippen LogP) is 2.99. The number of nitrogens with one attached hydrogen (secondary N) is 1. The van der Waals surface area contributed by atoms with E-state index in [1.54, 1.807) is 12.3 Å². The van der Waals surface area contributed by atoms with Crippen molar-refractivity contribution < 1.29 is 4.42 Å². The lowest BCUT2D eigenvalue weighted by Gasteiger charge is -2.19. The zero-order valence-electron chi connectivity index (χ0n) is 12.5. The standard InChI is InChI=1S/C15H22N4O/c1-10(8-11-6-5-7-20-11)17-13-9-12(16)18-14(19-13)15(2,3)4/h5-7,9-10H,8H2,1-4H3,(H3,16,17,18,19). The molecule has 2 aromatic rings. The number of aromatic nitrogens is 2. The van der Waals surface area contributed by atoms with Gasteiger partial charge in [0.1, 0.15) is 23.2 Å². The number of rotatable bonds is 4. The monoisotopic (exact) mass is 274 g/mol. The Balaban J connectivity index is 2.11. The van der Waals surface area contributed by atoms with Crippen LogP contribution in [0.3, 0.4) is 0 Å². The van der Waals surface area contributed by atoms with E-state index in [-0.39, 0.29) is 11.5 Å². The molecule has 0 aliphatic carbocycles. The lowest BCUT2D eigenvalue weighted by molar-refractivity contribution is 0.497. The molecule has 0 fully saturated rings. The van der Waals surface area contributed by atoms with Gasteiger partial charge >= 0.3 is 0 Å². The molecule has 0 radical (unpaired) electrons. The van der Waals surface area contributed by atoms with E-state index < -0.39 is 0 Å². The van der Waals surface area contributed by atoms with E-state index in [1.165, 1.54) is 0 Å². The van der Waals surface area contributed by atoms with E-state index in [9.17, 15) is 0 Å². The van der Waals surface area contributed by atoms with Crippen LogP contribution in [0, 0.1) is 0 Å². The van der Waals surface area contributed by atoms with Crippen molar-refractivity contribution in [3.8, 4) is 0 Å². The van der Waals surface area contributed by atoms with Crippen LogP contribution in [-0.2, 0) is 11.8 Å². The minimum absolute atomic E-state index is 0.129. The minimum Gasteiger partial charge on any atom is -0.469 e. The van der Waals surface area contributed by atoms with Gasteiger partial charge in [0, 0.05) is 23.9 Å². The molecule has 2 rings (SSSR count). The summed E-state index contributed by atoms with van der Waals surface area (Å²) in [4.78, 5) is 8.84. The van der Waals surface area contributed by atoms with Crippen molar-refractivity contribution in [1.29, 1.82) is 0 Å². The van der Waals surface area contributed by atoms with Crippen molar-refractivity contribution in [1.82, 2.24) is 9.97 Å². The van der Waals surface area contributed by atoms with Crippen molar-refractivity contribution in [2.24, 2.45) is 0 Å². The number of anilines is 2. The maximum atomic E-state index is 5.86. The van der Waals surface area contributed by atoms with Crippen molar-refractivity contribution in [3.05, 3.63) is 36.0 Å². The Morgan fingerprint density at radius 3 is 2.70 bits per heavy atom. The normalized spacial score (nSPS) is 13.2. The topological polar surface area (TPSA) is 77.0 Å². The molecular weight excluding hydrogens is 252 g/mol. The Bertz CT molecular complexity index is 558. The third-order valence-corrected chi connectivity index (χ3v) is 2.90. The molecule has 20 heavy (non-hydrogen) atoms. The van der Waals surface area contributed by atoms with Crippen LogP contribution in [0.15, 0.2) is 28.9 Å². The summed E-state index contributed by atoms with van der Waals surface area (Å²) in [5, 5.41) is 3.34. The fourth-order valence-electron chi connectivity index (χ4n) is 1.91. The maximum absolute atomic E-state index is 5.86. The van der Waals surface area contributed by atoms with Gasteiger partial charge in [-0.2, -0.15) is 0 Å². The molecule has 0 saturated carbocycles. The molecule has 0 aliphatic rings. The molecule has 0 spiro atoms. The second-order valence-corrected chi connectivity index (χ2v) is 6.08. The zero-order chi connectivity index (χ0) is 14.8. The van der Waals surface area contributed by atoms with Gasteiger partial charge in [0.25, 0.3) is 0 Å². The molecule has 2 aromatic heterocycles. The highest BCUT2D eigenvalue weighted by Crippen LogP contribution is 2.21. The highest BCUT2D eigenvalue weighted by Gasteiger charge is 2.19. The number of hydrogen-bond acceptors (Lipinski definition) is 5. The van der Waals surface area contributed by atoms with Crippen LogP contribution < -0.4 is 11.1 Å². The molecule has 108 valence electrons. The van der Waals surface area contributed by atoms with Crippen molar-refractivity contribution >= 4 is 11.6 Å². The highest BCUT2D eigenvalue weighted by atomic mass is 16.3. The summed E-state index contributed by atoms with van der Waals surface area (Å²) in [6.45, 7) is 8.28. The van der Waals surface area contributed by atoms with Gasteiger partial charge in [-0.15, -0.1) is 0 Å². The van der Waals surface area contributed by atoms with Gasteiger partial charge < -0.3 is 15.5 Å². The van der Waals surface area contributed by atoms with Crippen LogP contribution in [0.2, 0.25) is 0 Å². The first kappa shape index (κ1) is 14.4. The molecular formula is C15H22N4O. The van der Waals surface area contributed by atoms with Crippen molar-refractivity contribution in [3.63, 3.8) is 0 Å². The number of hydrogen-bond donors (Lipinski definition) is 2. The Labute approximate surface area is 119 Å². The summed E-state index contributed by atoms with van der Waals surface area (Å²) in [5.41, 5.74) is 5.73. The molecule has 0 saturated heterocycles. The summed E-state index contributed by atoms with van der Waals surface area (Å²) in [6.07, 6.45) is 2.48. The first-order chi connectivity index (χ1) is 9.34. The van der Waals surface area contributed by atoms with E-state index in [1.807, 2.05) is 12.1 Å². The van der Waals surface area contributed by atoms with Gasteiger partial charge in [-0.3, -0.25) is 0 Å². The number of nitrogen functional groups attached to an aromatic ring is 1. The predicted molar refractivity (Wildman–Crippen MR) is 80.6 cm³/mol. The average molecular weight is 274 g/mol. The van der Waals surface area contributed by atoms with Crippen molar-refractivity contribution in [2.45, 2.75) is 45.6 Å². The molecule has 2 heterocycles. The highest BCUT2D eigenvalue weighted by molar-refractivity contribution is 5.46. The lowest BCUT2D eigenvalue weighted by Crippen LogP contribution is -2.22. The SMILES string of the molecule is CC(Cc1ccco1)Nc1cc(N)nc(C(C)(C)C)n1. The molecule has 1 unspecified atom stereocenters. The van der Waals surface area contributed by atoms with E-state index >= 15 is 0 Å². The van der Waals surface area contributed by atoms with Crippen LogP contribution in [-0.4, -0.2) is 16.0 Å². The summed E-state index contributed by atoms with van der Waals surface area (Å²) in [6, 6.07) is 5.81. The Kier molecular flexibility index (Phi) is 3.97. The fraction of sp³-hybridized carbons (Fsp3) is 0.467. The van der Waals surface area contributed by atoms with E-state index in [0.29, 0.717) is 5.82 Å². The summed E-state index contributed by atoms with van der Waals surface area (Å²) in [5.74, 6) is 2.92. The second-order valence-electron chi connectivity index (χ2n) is 6.08. The van der Waals surface area contributed by atoms with E-state index in [0.717, 1.165) is 23.8 Å². The zero-order valence-corrected chi connectivity index (χ0v) is 12.5. The first-order valence-electron chi connectivity index (χ1n) is 6.78. The molecule has 5 nitrogen and oxygen atoms in total. The van der Waals surface area contributed by atoms with Gasteiger partial charge in [-0.1, -0.05) is 20.8 Å². The number of nitrogens with two attached hydrogens (primary N) is 1. The molecule has 1 atom stereocenters. The number of nitrogens with zero attached hydrogens (tertiary/aromatic N) is 2. The van der Waals surface area contributed by atoms with Crippen molar-refractivity contribution in [2.75, 3.05) is 11.1 Å². The largest absolute Gasteiger partial charge is 0.469 e. The Morgan fingerprint density at radius 1 is 1.35 bits per heavy atom. The van der Waals surface area contributed by atoms with Gasteiger partial charge in [0.15, 0.2) is 0 Å². The van der Waals surface area contributed by atoms with Crippen LogP contribution in [0.1, 0.15) is 39.3 Å². The van der Waals surface area contributed by atoms with E-state index in [4.69, 9.17) is 10.2 Å². The first-order valence-corrected chi connectivity index (χ1v) is 6.78. The average Bonchev–Trinajstić information content (AvgIpc) is 2.79. The van der Waals surface area contributed by atoms with Gasteiger partial charge in [0.2, 0.25) is 0 Å². The smallest absolute Gasteiger partial charge is 0.138 e. The lowest BCUT2D eigenvalue weighted by atomic mass is 9.96. The van der Waals surface area contributed by atoms with E-state index in [2.05, 4.69) is 43.0 Å². The Hall–Kier alpha value is -2.04. The molecule has 5 heteroatoms. The summed E-state index contributed by atoms with van der Waals surface area (Å²) in [7, 11) is 0. The van der Waals surface area contributed by atoms with Gasteiger partial charge in [0.05, 0.1) is 6.26 Å². The second kappa shape index (κ2) is 5.53. The quantitative estimate of drug-likeness (QED) is 0.896. The summed E-state index contributed by atoms with van der Waals surface area (Å²) >= 11 is 0. The summed E-state index contributed by atoms with van der Waals surface area (Å²) < 4.78 is 5.35. The fourth-order valence-corrected chi connectivity index (χ4v) is 1.91. The molecule has 3 N–H and O–H groups in total. The van der Waals surface area contributed by atoms with Crippen LogP contribution in [0.5, 0.6) is 0 Å². The molecule has 0 aromatic carbocycles. The Morgan fingerprint density at radius 2 is 2.10 bits per heavy atom. The third-order valence-electron chi connectivity index (χ3n) is 2.90. The minimum atomic E-state index is -0.129. The van der Waals surface area contributed by atoms with Crippen LogP contribution in [0.4, 0.5) is 11.6 Å².